The highest BCUT2D eigenvalue weighted by molar-refractivity contribution is 14.1. The van der Waals surface area contributed by atoms with Crippen molar-refractivity contribution in [1.82, 2.24) is 5.32 Å². The van der Waals surface area contributed by atoms with Crippen LogP contribution in [-0.2, 0) is 4.79 Å². The van der Waals surface area contributed by atoms with Gasteiger partial charge >= 0.3 is 12.0 Å². The summed E-state index contributed by atoms with van der Waals surface area (Å²) in [7, 11) is 0. The van der Waals surface area contributed by atoms with Crippen LogP contribution in [0.2, 0.25) is 0 Å². The predicted octanol–water partition coefficient (Wildman–Crippen LogP) is 3.20. The normalized spacial score (nSPS) is 24.6. The molecule has 2 atom stereocenters. The summed E-state index contributed by atoms with van der Waals surface area (Å²) >= 11 is 1.92. The van der Waals surface area contributed by atoms with Crippen LogP contribution in [0.25, 0.3) is 0 Å². The quantitative estimate of drug-likeness (QED) is 0.675. The number of nitrogens with one attached hydrogen (secondary N) is 2. The largest absolute Gasteiger partial charge is 0.481 e. The number of hydrogen-bond donors (Lipinski definition) is 3. The van der Waals surface area contributed by atoms with Crippen molar-refractivity contribution in [3.8, 4) is 0 Å². The van der Waals surface area contributed by atoms with Gasteiger partial charge in [-0.05, 0) is 60.6 Å². The van der Waals surface area contributed by atoms with Crippen molar-refractivity contribution in [2.75, 3.05) is 5.32 Å². The lowest BCUT2D eigenvalue weighted by Crippen LogP contribution is -2.48. The first-order valence-electron chi connectivity index (χ1n) is 6.59. The number of carbonyl (C=O) groups is 2. The van der Waals surface area contributed by atoms with E-state index >= 15 is 0 Å². The molecular formula is C14H16FIN2O3. The van der Waals surface area contributed by atoms with Crippen LogP contribution in [0.4, 0.5) is 14.9 Å². The second-order valence-electron chi connectivity index (χ2n) is 5.39. The van der Waals surface area contributed by atoms with Crippen LogP contribution < -0.4 is 10.6 Å². The van der Waals surface area contributed by atoms with Gasteiger partial charge in [-0.3, -0.25) is 4.79 Å². The Balaban J connectivity index is 2.03. The molecule has 1 aliphatic rings. The van der Waals surface area contributed by atoms with E-state index in [4.69, 9.17) is 0 Å². The summed E-state index contributed by atoms with van der Waals surface area (Å²) in [6, 6.07) is 3.16. The Morgan fingerprint density at radius 2 is 2.19 bits per heavy atom. The third-order valence-corrected chi connectivity index (χ3v) is 4.82. The first-order valence-corrected chi connectivity index (χ1v) is 7.67. The summed E-state index contributed by atoms with van der Waals surface area (Å²) < 4.78 is 13.6. The number of benzene rings is 1. The monoisotopic (exact) mass is 406 g/mol. The first-order chi connectivity index (χ1) is 9.83. The van der Waals surface area contributed by atoms with Gasteiger partial charge in [0.2, 0.25) is 0 Å². The minimum absolute atomic E-state index is 0.375. The second kappa shape index (κ2) is 6.17. The summed E-state index contributed by atoms with van der Waals surface area (Å²) in [5.74, 6) is -1.28. The Morgan fingerprint density at radius 3 is 2.81 bits per heavy atom. The van der Waals surface area contributed by atoms with E-state index in [9.17, 15) is 19.1 Å². The van der Waals surface area contributed by atoms with Crippen LogP contribution in [-0.4, -0.2) is 23.1 Å². The molecule has 1 aliphatic carbocycles. The number of urea groups is 1. The second-order valence-corrected chi connectivity index (χ2v) is 6.55. The van der Waals surface area contributed by atoms with E-state index in [1.807, 2.05) is 22.6 Å². The number of rotatable bonds is 3. The molecule has 114 valence electrons. The molecule has 2 unspecified atom stereocenters. The maximum absolute atomic E-state index is 13.0. The average molecular weight is 406 g/mol. The molecule has 1 saturated carbocycles. The molecule has 1 aromatic carbocycles. The van der Waals surface area contributed by atoms with Crippen molar-refractivity contribution in [3.63, 3.8) is 0 Å². The maximum Gasteiger partial charge on any atom is 0.319 e. The Hall–Kier alpha value is -1.38. The minimum atomic E-state index is -0.937. The zero-order chi connectivity index (χ0) is 15.6. The van der Waals surface area contributed by atoms with E-state index in [-0.39, 0.29) is 5.82 Å². The maximum atomic E-state index is 13.0. The van der Waals surface area contributed by atoms with Crippen LogP contribution in [0, 0.1) is 14.8 Å². The molecule has 1 aromatic rings. The smallest absolute Gasteiger partial charge is 0.319 e. The van der Waals surface area contributed by atoms with Crippen LogP contribution in [0.3, 0.4) is 0 Å². The molecule has 5 nitrogen and oxygen atoms in total. The Kier molecular flexibility index (Phi) is 4.70. The van der Waals surface area contributed by atoms with E-state index in [1.165, 1.54) is 18.2 Å². The van der Waals surface area contributed by atoms with Gasteiger partial charge in [0.25, 0.3) is 0 Å². The van der Waals surface area contributed by atoms with E-state index < -0.39 is 23.5 Å². The van der Waals surface area contributed by atoms with Gasteiger partial charge in [0.15, 0.2) is 0 Å². The SMILES string of the molecule is CC1(C(=O)O)CCCC1NC(=O)Nc1ccc(F)cc1I. The molecule has 3 N–H and O–H groups in total. The Morgan fingerprint density at radius 1 is 1.48 bits per heavy atom. The van der Waals surface area contributed by atoms with Gasteiger partial charge < -0.3 is 15.7 Å². The van der Waals surface area contributed by atoms with Crippen LogP contribution in [0.15, 0.2) is 18.2 Å². The number of amides is 2. The molecule has 2 rings (SSSR count). The van der Waals surface area contributed by atoms with E-state index in [1.54, 1.807) is 6.92 Å². The number of anilines is 1. The first kappa shape index (κ1) is 16.0. The third-order valence-electron chi connectivity index (χ3n) is 3.93. The lowest BCUT2D eigenvalue weighted by atomic mass is 9.85. The predicted molar refractivity (Wildman–Crippen MR) is 84.7 cm³/mol. The van der Waals surface area contributed by atoms with Crippen LogP contribution in [0.5, 0.6) is 0 Å². The summed E-state index contributed by atoms with van der Waals surface area (Å²) in [6.45, 7) is 1.65. The zero-order valence-electron chi connectivity index (χ0n) is 11.5. The molecule has 1 fully saturated rings. The van der Waals surface area contributed by atoms with Gasteiger partial charge in [-0.2, -0.15) is 0 Å². The van der Waals surface area contributed by atoms with Crippen molar-refractivity contribution in [2.45, 2.75) is 32.2 Å². The van der Waals surface area contributed by atoms with Gasteiger partial charge in [0.1, 0.15) is 5.82 Å². The lowest BCUT2D eigenvalue weighted by molar-refractivity contribution is -0.148. The van der Waals surface area contributed by atoms with Gasteiger partial charge in [-0.15, -0.1) is 0 Å². The summed E-state index contributed by atoms with van der Waals surface area (Å²) in [4.78, 5) is 23.4. The van der Waals surface area contributed by atoms with Crippen LogP contribution in [0.1, 0.15) is 26.2 Å². The molecule has 0 saturated heterocycles. The highest BCUT2D eigenvalue weighted by Crippen LogP contribution is 2.38. The van der Waals surface area contributed by atoms with Crippen molar-refractivity contribution >= 4 is 40.3 Å². The average Bonchev–Trinajstić information content (AvgIpc) is 2.76. The van der Waals surface area contributed by atoms with Gasteiger partial charge in [0.05, 0.1) is 11.1 Å². The van der Waals surface area contributed by atoms with Gasteiger partial charge in [-0.1, -0.05) is 6.42 Å². The van der Waals surface area contributed by atoms with Gasteiger partial charge in [0, 0.05) is 9.61 Å². The van der Waals surface area contributed by atoms with E-state index in [0.29, 0.717) is 22.1 Å². The van der Waals surface area contributed by atoms with E-state index in [2.05, 4.69) is 10.6 Å². The number of halogens is 2. The number of carboxylic acids is 1. The Labute approximate surface area is 135 Å². The molecule has 0 aromatic heterocycles. The minimum Gasteiger partial charge on any atom is -0.481 e. The molecule has 21 heavy (non-hydrogen) atoms. The summed E-state index contributed by atoms with van der Waals surface area (Å²) in [5, 5.41) is 14.6. The van der Waals surface area contributed by atoms with Crippen molar-refractivity contribution in [2.24, 2.45) is 5.41 Å². The van der Waals surface area contributed by atoms with E-state index in [0.717, 1.165) is 6.42 Å². The van der Waals surface area contributed by atoms with Gasteiger partial charge in [-0.25, -0.2) is 9.18 Å². The number of carboxylic acid groups (broad SMARTS) is 1. The van der Waals surface area contributed by atoms with Crippen molar-refractivity contribution in [3.05, 3.63) is 27.6 Å². The summed E-state index contributed by atoms with van der Waals surface area (Å²) in [6.07, 6.45) is 1.94. The molecule has 0 bridgehead atoms. The molecule has 7 heteroatoms. The Bertz CT molecular complexity index is 581. The standard InChI is InChI=1S/C14H16FIN2O3/c1-14(12(19)20)6-2-3-11(14)18-13(21)17-10-5-4-8(15)7-9(10)16/h4-5,7,11H,2-3,6H2,1H3,(H,19,20)(H2,17,18,21). The fraction of sp³-hybridized carbons (Fsp3) is 0.429. The molecule has 0 radical (unpaired) electrons. The topological polar surface area (TPSA) is 78.4 Å². The summed E-state index contributed by atoms with van der Waals surface area (Å²) in [5.41, 5.74) is -0.447. The fourth-order valence-corrected chi connectivity index (χ4v) is 3.17. The fourth-order valence-electron chi connectivity index (χ4n) is 2.56. The molecule has 0 spiro atoms. The highest BCUT2D eigenvalue weighted by atomic mass is 127. The zero-order valence-corrected chi connectivity index (χ0v) is 13.6. The number of carbonyl (C=O) groups excluding carboxylic acids is 1. The van der Waals surface area contributed by atoms with Crippen LogP contribution >= 0.6 is 22.6 Å². The molecular weight excluding hydrogens is 390 g/mol. The lowest BCUT2D eigenvalue weighted by Gasteiger charge is -2.27. The molecule has 0 aliphatic heterocycles. The highest BCUT2D eigenvalue weighted by Gasteiger charge is 2.45. The number of hydrogen-bond acceptors (Lipinski definition) is 2. The number of aliphatic carboxylic acids is 1. The van der Waals surface area contributed by atoms with Crippen molar-refractivity contribution < 1.29 is 19.1 Å². The molecule has 0 heterocycles. The van der Waals surface area contributed by atoms with Crippen molar-refractivity contribution in [1.29, 1.82) is 0 Å². The third kappa shape index (κ3) is 3.45. The molecule has 2 amide bonds.